The van der Waals surface area contributed by atoms with Gasteiger partial charge in [0, 0.05) is 18.8 Å². The third-order valence-corrected chi connectivity index (χ3v) is 2.77. The van der Waals surface area contributed by atoms with Crippen molar-refractivity contribution in [3.63, 3.8) is 0 Å². The van der Waals surface area contributed by atoms with E-state index in [2.05, 4.69) is 15.4 Å². The average Bonchev–Trinajstić information content (AvgIpc) is 2.95. The standard InChI is InChI=1S/C11H15N5O3/c1-3-8(17)6-16-10(7-4-12-15(2)5-7)9(11(18)19)13-14-16/h4-5,8,17H,3,6H2,1-2H3,(H,18,19). The second kappa shape index (κ2) is 5.19. The molecule has 0 aromatic carbocycles. The first kappa shape index (κ1) is 13.2. The molecule has 2 rings (SSSR count). The van der Waals surface area contributed by atoms with E-state index in [1.54, 1.807) is 24.1 Å². The number of nitrogens with zero attached hydrogens (tertiary/aromatic N) is 5. The van der Waals surface area contributed by atoms with Gasteiger partial charge >= 0.3 is 5.97 Å². The zero-order valence-electron chi connectivity index (χ0n) is 10.7. The number of aliphatic hydroxyl groups excluding tert-OH is 1. The summed E-state index contributed by atoms with van der Waals surface area (Å²) in [4.78, 5) is 11.2. The molecule has 2 aromatic heterocycles. The number of hydrogen-bond acceptors (Lipinski definition) is 5. The van der Waals surface area contributed by atoms with E-state index in [0.29, 0.717) is 17.7 Å². The fourth-order valence-electron chi connectivity index (χ4n) is 1.74. The van der Waals surface area contributed by atoms with E-state index < -0.39 is 12.1 Å². The number of aliphatic hydroxyl groups is 1. The summed E-state index contributed by atoms with van der Waals surface area (Å²) in [7, 11) is 1.74. The van der Waals surface area contributed by atoms with Gasteiger partial charge in [-0.2, -0.15) is 5.10 Å². The molecule has 8 heteroatoms. The number of aromatic carboxylic acids is 1. The second-order valence-electron chi connectivity index (χ2n) is 4.24. The van der Waals surface area contributed by atoms with Crippen molar-refractivity contribution in [1.82, 2.24) is 24.8 Å². The minimum Gasteiger partial charge on any atom is -0.476 e. The predicted octanol–water partition coefficient (Wildman–Crippen LogP) is 0.148. The molecule has 0 aliphatic heterocycles. The first-order chi connectivity index (χ1) is 9.02. The lowest BCUT2D eigenvalue weighted by atomic mass is 10.2. The Bertz CT molecular complexity index is 589. The van der Waals surface area contributed by atoms with Gasteiger partial charge in [0.1, 0.15) is 5.69 Å². The maximum absolute atomic E-state index is 11.2. The Morgan fingerprint density at radius 1 is 1.53 bits per heavy atom. The fraction of sp³-hybridized carbons (Fsp3) is 0.455. The van der Waals surface area contributed by atoms with Crippen LogP contribution in [0.5, 0.6) is 0 Å². The lowest BCUT2D eigenvalue weighted by Gasteiger charge is -2.09. The van der Waals surface area contributed by atoms with Crippen molar-refractivity contribution in [3.8, 4) is 11.3 Å². The lowest BCUT2D eigenvalue weighted by Crippen LogP contribution is -2.17. The number of carboxylic acids is 1. The highest BCUT2D eigenvalue weighted by Gasteiger charge is 2.22. The Hall–Kier alpha value is -2.22. The summed E-state index contributed by atoms with van der Waals surface area (Å²) >= 11 is 0. The van der Waals surface area contributed by atoms with Crippen LogP contribution in [0.3, 0.4) is 0 Å². The van der Waals surface area contributed by atoms with Crippen LogP contribution in [-0.4, -0.2) is 47.1 Å². The molecule has 0 radical (unpaired) electrons. The Labute approximate surface area is 109 Å². The third kappa shape index (κ3) is 2.63. The predicted molar refractivity (Wildman–Crippen MR) is 65.5 cm³/mol. The summed E-state index contributed by atoms with van der Waals surface area (Å²) in [5, 5.41) is 30.3. The van der Waals surface area contributed by atoms with E-state index in [1.807, 2.05) is 6.92 Å². The van der Waals surface area contributed by atoms with E-state index >= 15 is 0 Å². The molecule has 0 spiro atoms. The topological polar surface area (TPSA) is 106 Å². The summed E-state index contributed by atoms with van der Waals surface area (Å²) < 4.78 is 2.96. The van der Waals surface area contributed by atoms with E-state index in [0.717, 1.165) is 0 Å². The van der Waals surface area contributed by atoms with Crippen molar-refractivity contribution in [3.05, 3.63) is 18.1 Å². The lowest BCUT2D eigenvalue weighted by molar-refractivity contribution is 0.0691. The van der Waals surface area contributed by atoms with Gasteiger partial charge < -0.3 is 10.2 Å². The molecule has 1 atom stereocenters. The maximum Gasteiger partial charge on any atom is 0.358 e. The van der Waals surface area contributed by atoms with Gasteiger partial charge in [0.2, 0.25) is 0 Å². The molecular formula is C11H15N5O3. The Balaban J connectivity index is 2.47. The van der Waals surface area contributed by atoms with Crippen LogP contribution in [0.4, 0.5) is 0 Å². The maximum atomic E-state index is 11.2. The molecule has 0 bridgehead atoms. The molecule has 2 aromatic rings. The normalized spacial score (nSPS) is 12.6. The van der Waals surface area contributed by atoms with Crippen molar-refractivity contribution in [1.29, 1.82) is 0 Å². The molecule has 2 N–H and O–H groups in total. The number of hydrogen-bond donors (Lipinski definition) is 2. The van der Waals surface area contributed by atoms with E-state index in [9.17, 15) is 9.90 Å². The molecule has 102 valence electrons. The van der Waals surface area contributed by atoms with E-state index in [1.165, 1.54) is 4.68 Å². The Morgan fingerprint density at radius 2 is 2.26 bits per heavy atom. The minimum absolute atomic E-state index is 0.142. The van der Waals surface area contributed by atoms with E-state index in [4.69, 9.17) is 5.11 Å². The third-order valence-electron chi connectivity index (χ3n) is 2.77. The molecule has 2 heterocycles. The number of rotatable bonds is 5. The molecule has 0 fully saturated rings. The van der Waals surface area contributed by atoms with Crippen LogP contribution in [0.2, 0.25) is 0 Å². The second-order valence-corrected chi connectivity index (χ2v) is 4.24. The monoisotopic (exact) mass is 265 g/mol. The van der Waals surface area contributed by atoms with Crippen LogP contribution in [0.1, 0.15) is 23.8 Å². The van der Waals surface area contributed by atoms with Crippen LogP contribution in [0.25, 0.3) is 11.3 Å². The molecule has 0 aliphatic carbocycles. The SMILES string of the molecule is CCC(O)Cn1nnc(C(=O)O)c1-c1cnn(C)c1. The summed E-state index contributed by atoms with van der Waals surface area (Å²) in [5.74, 6) is -1.16. The highest BCUT2D eigenvalue weighted by atomic mass is 16.4. The van der Waals surface area contributed by atoms with E-state index in [-0.39, 0.29) is 12.2 Å². The van der Waals surface area contributed by atoms with Gasteiger partial charge in [0.25, 0.3) is 0 Å². The molecule has 0 saturated carbocycles. The van der Waals surface area contributed by atoms with Gasteiger partial charge in [-0.05, 0) is 6.42 Å². The molecule has 1 unspecified atom stereocenters. The molecule has 0 amide bonds. The van der Waals surface area contributed by atoms with Gasteiger partial charge in [0.05, 0.1) is 18.8 Å². The van der Waals surface area contributed by atoms with Crippen LogP contribution in [0, 0.1) is 0 Å². The van der Waals surface area contributed by atoms with Crippen molar-refractivity contribution in [2.45, 2.75) is 26.0 Å². The van der Waals surface area contributed by atoms with Crippen molar-refractivity contribution in [2.24, 2.45) is 7.05 Å². The largest absolute Gasteiger partial charge is 0.476 e. The van der Waals surface area contributed by atoms with Crippen LogP contribution in [0.15, 0.2) is 12.4 Å². The Morgan fingerprint density at radius 3 is 2.79 bits per heavy atom. The average molecular weight is 265 g/mol. The first-order valence-electron chi connectivity index (χ1n) is 5.86. The molecule has 0 aliphatic rings. The van der Waals surface area contributed by atoms with Crippen LogP contribution >= 0.6 is 0 Å². The van der Waals surface area contributed by atoms with Crippen molar-refractivity contribution < 1.29 is 15.0 Å². The molecular weight excluding hydrogens is 250 g/mol. The summed E-state index contributed by atoms with van der Waals surface area (Å²) in [6, 6.07) is 0. The summed E-state index contributed by atoms with van der Waals surface area (Å²) in [6.45, 7) is 2.03. The number of carbonyl (C=O) groups is 1. The number of carboxylic acid groups (broad SMARTS) is 1. The van der Waals surface area contributed by atoms with Gasteiger partial charge in [-0.1, -0.05) is 12.1 Å². The summed E-state index contributed by atoms with van der Waals surface area (Å²) in [5.41, 5.74) is 0.817. The van der Waals surface area contributed by atoms with Gasteiger partial charge in [-0.25, -0.2) is 9.48 Å². The van der Waals surface area contributed by atoms with Crippen LogP contribution < -0.4 is 0 Å². The van der Waals surface area contributed by atoms with Gasteiger partial charge in [0.15, 0.2) is 5.69 Å². The van der Waals surface area contributed by atoms with Crippen molar-refractivity contribution in [2.75, 3.05) is 0 Å². The van der Waals surface area contributed by atoms with Crippen LogP contribution in [-0.2, 0) is 13.6 Å². The van der Waals surface area contributed by atoms with Crippen molar-refractivity contribution >= 4 is 5.97 Å². The zero-order valence-corrected chi connectivity index (χ0v) is 10.7. The summed E-state index contributed by atoms with van der Waals surface area (Å²) in [6.07, 6.45) is 3.17. The number of aryl methyl sites for hydroxylation is 1. The van der Waals surface area contributed by atoms with Gasteiger partial charge in [-0.3, -0.25) is 4.68 Å². The molecule has 8 nitrogen and oxygen atoms in total. The highest BCUT2D eigenvalue weighted by molar-refractivity contribution is 5.92. The number of aromatic nitrogens is 5. The van der Waals surface area contributed by atoms with Gasteiger partial charge in [-0.15, -0.1) is 5.10 Å². The molecule has 19 heavy (non-hydrogen) atoms. The first-order valence-corrected chi connectivity index (χ1v) is 5.86. The zero-order chi connectivity index (χ0) is 14.0. The fourth-order valence-corrected chi connectivity index (χ4v) is 1.74. The smallest absolute Gasteiger partial charge is 0.358 e. The quantitative estimate of drug-likeness (QED) is 0.797. The minimum atomic E-state index is -1.16. The highest BCUT2D eigenvalue weighted by Crippen LogP contribution is 2.22. The molecule has 0 saturated heterocycles. The Kier molecular flexibility index (Phi) is 3.61.